The monoisotopic (exact) mass is 252 g/mol. The van der Waals surface area contributed by atoms with Crippen molar-refractivity contribution < 1.29 is 13.9 Å². The van der Waals surface area contributed by atoms with E-state index >= 15 is 0 Å². The third kappa shape index (κ3) is 2.67. The van der Waals surface area contributed by atoms with Crippen molar-refractivity contribution in [3.05, 3.63) is 29.8 Å². The zero-order valence-electron chi connectivity index (χ0n) is 10.6. The standard InChI is InChI=1S/C13H17FN2O2/c1-3-18-12(17)13(2,16-10-5-6-10)11-7-4-9(14)8-15-11/h4,7-8,10,16H,3,5-6H2,1-2H3. The first-order chi connectivity index (χ1) is 8.56. The lowest BCUT2D eigenvalue weighted by Crippen LogP contribution is -2.49. The van der Waals surface area contributed by atoms with Crippen LogP contribution in [0.4, 0.5) is 4.39 Å². The summed E-state index contributed by atoms with van der Waals surface area (Å²) in [6, 6.07) is 3.13. The molecule has 5 heteroatoms. The first-order valence-electron chi connectivity index (χ1n) is 6.13. The van der Waals surface area contributed by atoms with Gasteiger partial charge >= 0.3 is 5.97 Å². The minimum atomic E-state index is -1.01. The van der Waals surface area contributed by atoms with Gasteiger partial charge in [-0.15, -0.1) is 0 Å². The van der Waals surface area contributed by atoms with Gasteiger partial charge in [0.1, 0.15) is 5.82 Å². The van der Waals surface area contributed by atoms with E-state index in [9.17, 15) is 9.18 Å². The Morgan fingerprint density at radius 2 is 2.33 bits per heavy atom. The van der Waals surface area contributed by atoms with Gasteiger partial charge in [-0.05, 0) is 38.8 Å². The highest BCUT2D eigenvalue weighted by Gasteiger charge is 2.42. The molecule has 0 bridgehead atoms. The molecule has 1 aliphatic rings. The van der Waals surface area contributed by atoms with E-state index < -0.39 is 11.4 Å². The fraction of sp³-hybridized carbons (Fsp3) is 0.538. The highest BCUT2D eigenvalue weighted by molar-refractivity contribution is 5.81. The van der Waals surface area contributed by atoms with E-state index in [1.165, 1.54) is 12.1 Å². The fourth-order valence-corrected chi connectivity index (χ4v) is 1.82. The van der Waals surface area contributed by atoms with Crippen LogP contribution in [0.3, 0.4) is 0 Å². The molecule has 1 aromatic rings. The summed E-state index contributed by atoms with van der Waals surface area (Å²) in [5.74, 6) is -0.799. The van der Waals surface area contributed by atoms with Crippen LogP contribution in [0, 0.1) is 5.82 Å². The van der Waals surface area contributed by atoms with Gasteiger partial charge in [-0.1, -0.05) is 0 Å². The Hall–Kier alpha value is -1.49. The summed E-state index contributed by atoms with van der Waals surface area (Å²) >= 11 is 0. The number of carbonyl (C=O) groups is 1. The van der Waals surface area contributed by atoms with Crippen molar-refractivity contribution >= 4 is 5.97 Å². The van der Waals surface area contributed by atoms with Crippen molar-refractivity contribution in [2.24, 2.45) is 0 Å². The molecule has 1 heterocycles. The predicted molar refractivity (Wildman–Crippen MR) is 64.3 cm³/mol. The lowest BCUT2D eigenvalue weighted by Gasteiger charge is -2.28. The molecule has 1 atom stereocenters. The number of carbonyl (C=O) groups excluding carboxylic acids is 1. The topological polar surface area (TPSA) is 51.2 Å². The number of hydrogen-bond donors (Lipinski definition) is 1. The number of aromatic nitrogens is 1. The van der Waals surface area contributed by atoms with Gasteiger partial charge < -0.3 is 4.74 Å². The van der Waals surface area contributed by atoms with Crippen molar-refractivity contribution in [2.75, 3.05) is 6.61 Å². The fourth-order valence-electron chi connectivity index (χ4n) is 1.82. The summed E-state index contributed by atoms with van der Waals surface area (Å²) < 4.78 is 18.0. The van der Waals surface area contributed by atoms with E-state index in [-0.39, 0.29) is 5.97 Å². The van der Waals surface area contributed by atoms with Crippen LogP contribution >= 0.6 is 0 Å². The predicted octanol–water partition coefficient (Wildman–Crippen LogP) is 1.75. The van der Waals surface area contributed by atoms with Crippen LogP contribution in [0.2, 0.25) is 0 Å². The van der Waals surface area contributed by atoms with Gasteiger partial charge in [0.25, 0.3) is 0 Å². The molecular formula is C13H17FN2O2. The number of esters is 1. The summed E-state index contributed by atoms with van der Waals surface area (Å²) in [7, 11) is 0. The normalized spacial score (nSPS) is 18.2. The number of ether oxygens (including phenoxy) is 1. The lowest BCUT2D eigenvalue weighted by atomic mass is 9.97. The zero-order chi connectivity index (χ0) is 13.2. The quantitative estimate of drug-likeness (QED) is 0.811. The molecular weight excluding hydrogens is 235 g/mol. The summed E-state index contributed by atoms with van der Waals surface area (Å²) in [4.78, 5) is 16.1. The van der Waals surface area contributed by atoms with Crippen molar-refractivity contribution in [3.63, 3.8) is 0 Å². The molecule has 18 heavy (non-hydrogen) atoms. The summed E-state index contributed by atoms with van der Waals surface area (Å²) in [5, 5.41) is 3.23. The third-order valence-corrected chi connectivity index (χ3v) is 2.99. The molecule has 0 saturated heterocycles. The molecule has 1 unspecified atom stereocenters. The van der Waals surface area contributed by atoms with Crippen LogP contribution in [-0.4, -0.2) is 23.6 Å². The molecule has 1 fully saturated rings. The van der Waals surface area contributed by atoms with E-state index in [4.69, 9.17) is 4.74 Å². The number of pyridine rings is 1. The van der Waals surface area contributed by atoms with Gasteiger partial charge in [0.15, 0.2) is 5.54 Å². The number of nitrogens with zero attached hydrogens (tertiary/aromatic N) is 1. The second-order valence-corrected chi connectivity index (χ2v) is 4.63. The smallest absolute Gasteiger partial charge is 0.332 e. The van der Waals surface area contributed by atoms with Gasteiger partial charge in [-0.25, -0.2) is 9.18 Å². The van der Waals surface area contributed by atoms with E-state index in [1.54, 1.807) is 13.8 Å². The Bertz CT molecular complexity index is 431. The molecule has 1 aliphatic carbocycles. The van der Waals surface area contributed by atoms with E-state index in [1.807, 2.05) is 0 Å². The van der Waals surface area contributed by atoms with E-state index in [2.05, 4.69) is 10.3 Å². The Morgan fingerprint density at radius 3 is 2.83 bits per heavy atom. The largest absolute Gasteiger partial charge is 0.464 e. The number of halogens is 1. The molecule has 0 aliphatic heterocycles. The van der Waals surface area contributed by atoms with Gasteiger partial charge in [0.2, 0.25) is 0 Å². The molecule has 0 amide bonds. The van der Waals surface area contributed by atoms with Gasteiger partial charge in [-0.3, -0.25) is 10.3 Å². The van der Waals surface area contributed by atoms with Crippen LogP contribution in [0.15, 0.2) is 18.3 Å². The van der Waals surface area contributed by atoms with Crippen LogP contribution in [-0.2, 0) is 15.1 Å². The highest BCUT2D eigenvalue weighted by atomic mass is 19.1. The average Bonchev–Trinajstić information content (AvgIpc) is 3.14. The van der Waals surface area contributed by atoms with Crippen molar-refractivity contribution in [2.45, 2.75) is 38.3 Å². The second kappa shape index (κ2) is 5.02. The maximum atomic E-state index is 12.9. The number of rotatable bonds is 5. The minimum Gasteiger partial charge on any atom is -0.464 e. The van der Waals surface area contributed by atoms with Crippen molar-refractivity contribution in [1.29, 1.82) is 0 Å². The van der Waals surface area contributed by atoms with Gasteiger partial charge in [0.05, 0.1) is 18.5 Å². The van der Waals surface area contributed by atoms with Gasteiger partial charge in [-0.2, -0.15) is 0 Å². The van der Waals surface area contributed by atoms with Crippen LogP contribution in [0.1, 0.15) is 32.4 Å². The van der Waals surface area contributed by atoms with Crippen LogP contribution in [0.5, 0.6) is 0 Å². The molecule has 0 aromatic carbocycles. The first-order valence-corrected chi connectivity index (χ1v) is 6.13. The summed E-state index contributed by atoms with van der Waals surface area (Å²) in [6.45, 7) is 3.79. The molecule has 1 saturated carbocycles. The second-order valence-electron chi connectivity index (χ2n) is 4.63. The van der Waals surface area contributed by atoms with Crippen LogP contribution in [0.25, 0.3) is 0 Å². The highest BCUT2D eigenvalue weighted by Crippen LogP contribution is 2.28. The number of nitrogens with one attached hydrogen (secondary N) is 1. The Kier molecular flexibility index (Phi) is 3.61. The average molecular weight is 252 g/mol. The maximum absolute atomic E-state index is 12.9. The van der Waals surface area contributed by atoms with E-state index in [0.717, 1.165) is 19.0 Å². The molecule has 2 rings (SSSR count). The molecule has 1 N–H and O–H groups in total. The van der Waals surface area contributed by atoms with Crippen molar-refractivity contribution in [3.8, 4) is 0 Å². The summed E-state index contributed by atoms with van der Waals surface area (Å²) in [5.41, 5.74) is -0.528. The maximum Gasteiger partial charge on any atom is 0.332 e. The molecule has 4 nitrogen and oxygen atoms in total. The first kappa shape index (κ1) is 13.0. The zero-order valence-corrected chi connectivity index (χ0v) is 10.6. The van der Waals surface area contributed by atoms with Gasteiger partial charge in [0, 0.05) is 6.04 Å². The lowest BCUT2D eigenvalue weighted by molar-refractivity contribution is -0.151. The Labute approximate surface area is 106 Å². The Balaban J connectivity index is 2.27. The van der Waals surface area contributed by atoms with Crippen LogP contribution < -0.4 is 5.32 Å². The Morgan fingerprint density at radius 1 is 1.61 bits per heavy atom. The molecule has 98 valence electrons. The van der Waals surface area contributed by atoms with E-state index in [0.29, 0.717) is 18.3 Å². The molecule has 1 aromatic heterocycles. The molecule has 0 spiro atoms. The SMILES string of the molecule is CCOC(=O)C(C)(NC1CC1)c1ccc(F)cn1. The third-order valence-electron chi connectivity index (χ3n) is 2.99. The van der Waals surface area contributed by atoms with Crippen molar-refractivity contribution in [1.82, 2.24) is 10.3 Å². The summed E-state index contributed by atoms with van der Waals surface area (Å²) in [6.07, 6.45) is 3.19. The minimum absolute atomic E-state index is 0.308. The number of hydrogen-bond acceptors (Lipinski definition) is 4. The molecule has 0 radical (unpaired) electrons.